The van der Waals surface area contributed by atoms with Crippen LogP contribution in [0.2, 0.25) is 0 Å². The van der Waals surface area contributed by atoms with Gasteiger partial charge in [0.05, 0.1) is 6.33 Å². The molecule has 0 fully saturated rings. The molecule has 25 heavy (non-hydrogen) atoms. The van der Waals surface area contributed by atoms with Crippen molar-refractivity contribution in [1.29, 1.82) is 0 Å². The summed E-state index contributed by atoms with van der Waals surface area (Å²) < 4.78 is 7.74. The molecule has 2 N–H and O–H groups in total. The number of nitrogens with one attached hydrogen (secondary N) is 2. The lowest BCUT2D eigenvalue weighted by molar-refractivity contribution is 0.252. The second-order valence-electron chi connectivity index (χ2n) is 6.99. The molecule has 0 saturated carbocycles. The van der Waals surface area contributed by atoms with Gasteiger partial charge in [0, 0.05) is 36.6 Å². The fourth-order valence-corrected chi connectivity index (χ4v) is 2.38. The zero-order chi connectivity index (χ0) is 17.9. The van der Waals surface area contributed by atoms with Crippen LogP contribution in [-0.2, 0) is 12.0 Å². The van der Waals surface area contributed by atoms with Crippen LogP contribution >= 0.6 is 0 Å². The van der Waals surface area contributed by atoms with E-state index in [0.717, 1.165) is 24.1 Å². The van der Waals surface area contributed by atoms with Crippen molar-refractivity contribution in [3.8, 4) is 0 Å². The van der Waals surface area contributed by atoms with Gasteiger partial charge in [0.25, 0.3) is 0 Å². The first kappa shape index (κ1) is 17.0. The topological polar surface area (TPSA) is 85.0 Å². The predicted octanol–water partition coefficient (Wildman–Crippen LogP) is 3.53. The number of aryl methyl sites for hydroxylation is 1. The number of benzene rings is 1. The molecule has 3 rings (SSSR count). The molecule has 0 saturated heterocycles. The van der Waals surface area contributed by atoms with Crippen LogP contribution in [0.5, 0.6) is 0 Å². The Morgan fingerprint density at radius 2 is 2.16 bits per heavy atom. The standard InChI is InChI=1S/C18H23N5O2/c1-18(2,3)16-22-14-11-13(5-6-15(14)25-16)21-17(24)20-7-4-9-23-10-8-19-12-23/h5-6,8,10-12H,4,7,9H2,1-3H3,(H2,20,21,24). The van der Waals surface area contributed by atoms with E-state index in [1.54, 1.807) is 12.5 Å². The van der Waals surface area contributed by atoms with Crippen molar-refractivity contribution in [1.82, 2.24) is 19.9 Å². The third-order valence-corrected chi connectivity index (χ3v) is 3.72. The van der Waals surface area contributed by atoms with Crippen molar-refractivity contribution < 1.29 is 9.21 Å². The van der Waals surface area contributed by atoms with Crippen LogP contribution in [-0.4, -0.2) is 27.1 Å². The van der Waals surface area contributed by atoms with Gasteiger partial charge < -0.3 is 19.6 Å². The molecule has 0 spiro atoms. The van der Waals surface area contributed by atoms with Gasteiger partial charge in [-0.25, -0.2) is 14.8 Å². The summed E-state index contributed by atoms with van der Waals surface area (Å²) in [5.74, 6) is 0.684. The van der Waals surface area contributed by atoms with Gasteiger partial charge in [-0.05, 0) is 24.6 Å². The van der Waals surface area contributed by atoms with Crippen LogP contribution in [0, 0.1) is 0 Å². The van der Waals surface area contributed by atoms with E-state index in [0.29, 0.717) is 18.1 Å². The maximum absolute atomic E-state index is 12.0. The maximum Gasteiger partial charge on any atom is 0.319 e. The van der Waals surface area contributed by atoms with Crippen LogP contribution in [0.25, 0.3) is 11.1 Å². The summed E-state index contributed by atoms with van der Waals surface area (Å²) in [5.41, 5.74) is 1.99. The number of fused-ring (bicyclic) bond motifs is 1. The van der Waals surface area contributed by atoms with Gasteiger partial charge in [0.2, 0.25) is 5.89 Å². The van der Waals surface area contributed by atoms with E-state index in [1.165, 1.54) is 0 Å². The van der Waals surface area contributed by atoms with Gasteiger partial charge in [-0.15, -0.1) is 0 Å². The Kier molecular flexibility index (Phi) is 4.74. The first-order chi connectivity index (χ1) is 11.9. The molecule has 7 nitrogen and oxygen atoms in total. The number of anilines is 1. The molecule has 0 aliphatic heterocycles. The number of hydrogen-bond acceptors (Lipinski definition) is 4. The van der Waals surface area contributed by atoms with Gasteiger partial charge in [-0.3, -0.25) is 0 Å². The van der Waals surface area contributed by atoms with E-state index >= 15 is 0 Å². The highest BCUT2D eigenvalue weighted by Crippen LogP contribution is 2.27. The summed E-state index contributed by atoms with van der Waals surface area (Å²) in [6.07, 6.45) is 6.24. The number of imidazole rings is 1. The molecule has 0 radical (unpaired) electrons. The number of carbonyl (C=O) groups excluding carboxylic acids is 1. The van der Waals surface area contributed by atoms with Crippen LogP contribution < -0.4 is 10.6 Å². The summed E-state index contributed by atoms with van der Waals surface area (Å²) in [7, 11) is 0. The highest BCUT2D eigenvalue weighted by molar-refractivity contribution is 5.91. The van der Waals surface area contributed by atoms with Crippen molar-refractivity contribution in [3.05, 3.63) is 42.8 Å². The number of aromatic nitrogens is 3. The fraction of sp³-hybridized carbons (Fsp3) is 0.389. The molecule has 0 aliphatic carbocycles. The molecule has 7 heteroatoms. The SMILES string of the molecule is CC(C)(C)c1nc2cc(NC(=O)NCCCn3ccnc3)ccc2o1. The molecule has 2 heterocycles. The first-order valence-electron chi connectivity index (χ1n) is 8.33. The minimum atomic E-state index is -0.232. The second kappa shape index (κ2) is 6.96. The van der Waals surface area contributed by atoms with Crippen molar-refractivity contribution in [2.75, 3.05) is 11.9 Å². The fourth-order valence-electron chi connectivity index (χ4n) is 2.38. The average Bonchev–Trinajstić information content (AvgIpc) is 3.20. The number of carbonyl (C=O) groups is 1. The van der Waals surface area contributed by atoms with Crippen molar-refractivity contribution >= 4 is 22.8 Å². The molecule has 2 amide bonds. The minimum Gasteiger partial charge on any atom is -0.440 e. The summed E-state index contributed by atoms with van der Waals surface area (Å²) in [4.78, 5) is 20.5. The molecule has 3 aromatic rings. The molecular formula is C18H23N5O2. The Labute approximate surface area is 146 Å². The van der Waals surface area contributed by atoms with Crippen LogP contribution in [0.1, 0.15) is 33.1 Å². The number of hydrogen-bond donors (Lipinski definition) is 2. The summed E-state index contributed by atoms with van der Waals surface area (Å²) in [6, 6.07) is 5.22. The number of amides is 2. The van der Waals surface area contributed by atoms with Gasteiger partial charge >= 0.3 is 6.03 Å². The van der Waals surface area contributed by atoms with Gasteiger partial charge in [-0.1, -0.05) is 20.8 Å². The lowest BCUT2D eigenvalue weighted by Crippen LogP contribution is -2.30. The first-order valence-corrected chi connectivity index (χ1v) is 8.33. The van der Waals surface area contributed by atoms with E-state index < -0.39 is 0 Å². The van der Waals surface area contributed by atoms with Crippen LogP contribution in [0.15, 0.2) is 41.3 Å². The van der Waals surface area contributed by atoms with Crippen molar-refractivity contribution in [3.63, 3.8) is 0 Å². The lowest BCUT2D eigenvalue weighted by Gasteiger charge is -2.11. The number of nitrogens with zero attached hydrogens (tertiary/aromatic N) is 3. The van der Waals surface area contributed by atoms with E-state index in [1.807, 2.05) is 49.7 Å². The van der Waals surface area contributed by atoms with Crippen molar-refractivity contribution in [2.45, 2.75) is 39.2 Å². The highest BCUT2D eigenvalue weighted by atomic mass is 16.3. The summed E-state index contributed by atoms with van der Waals surface area (Å²) >= 11 is 0. The molecule has 1 aromatic carbocycles. The Hall–Kier alpha value is -2.83. The second-order valence-corrected chi connectivity index (χ2v) is 6.99. The normalized spacial score (nSPS) is 11.6. The number of rotatable bonds is 5. The number of oxazole rings is 1. The molecule has 0 atom stereocenters. The van der Waals surface area contributed by atoms with Crippen LogP contribution in [0.3, 0.4) is 0 Å². The van der Waals surface area contributed by atoms with Gasteiger partial charge in [0.1, 0.15) is 5.52 Å². The Bertz CT molecular complexity index is 846. The summed E-state index contributed by atoms with van der Waals surface area (Å²) in [6.45, 7) is 7.56. The summed E-state index contributed by atoms with van der Waals surface area (Å²) in [5, 5.41) is 5.67. The Balaban J connectivity index is 1.54. The molecule has 2 aromatic heterocycles. The van der Waals surface area contributed by atoms with Crippen LogP contribution in [0.4, 0.5) is 10.5 Å². The van der Waals surface area contributed by atoms with E-state index in [9.17, 15) is 4.79 Å². The number of urea groups is 1. The van der Waals surface area contributed by atoms with Gasteiger partial charge in [-0.2, -0.15) is 0 Å². The quantitative estimate of drug-likeness (QED) is 0.695. The zero-order valence-electron chi connectivity index (χ0n) is 14.7. The molecule has 0 aliphatic rings. The highest BCUT2D eigenvalue weighted by Gasteiger charge is 2.21. The third-order valence-electron chi connectivity index (χ3n) is 3.72. The van der Waals surface area contributed by atoms with Gasteiger partial charge in [0.15, 0.2) is 5.58 Å². The average molecular weight is 341 g/mol. The predicted molar refractivity (Wildman–Crippen MR) is 96.6 cm³/mol. The third kappa shape index (κ3) is 4.37. The molecule has 0 unspecified atom stereocenters. The zero-order valence-corrected chi connectivity index (χ0v) is 14.7. The molecular weight excluding hydrogens is 318 g/mol. The minimum absolute atomic E-state index is 0.154. The lowest BCUT2D eigenvalue weighted by atomic mass is 9.97. The Morgan fingerprint density at radius 3 is 2.88 bits per heavy atom. The monoisotopic (exact) mass is 341 g/mol. The molecule has 0 bridgehead atoms. The van der Waals surface area contributed by atoms with Crippen molar-refractivity contribution in [2.24, 2.45) is 0 Å². The van der Waals surface area contributed by atoms with E-state index in [2.05, 4.69) is 20.6 Å². The molecule has 132 valence electrons. The Morgan fingerprint density at radius 1 is 1.32 bits per heavy atom. The smallest absolute Gasteiger partial charge is 0.319 e. The van der Waals surface area contributed by atoms with E-state index in [4.69, 9.17) is 4.42 Å². The largest absolute Gasteiger partial charge is 0.440 e. The van der Waals surface area contributed by atoms with E-state index in [-0.39, 0.29) is 11.4 Å². The maximum atomic E-state index is 12.0.